The molecule has 0 bridgehead atoms. The van der Waals surface area contributed by atoms with Crippen molar-refractivity contribution in [1.29, 1.82) is 0 Å². The van der Waals surface area contributed by atoms with Gasteiger partial charge < -0.3 is 14.8 Å². The Hall–Kier alpha value is -3.31. The first kappa shape index (κ1) is 20.0. The molecule has 0 saturated carbocycles. The van der Waals surface area contributed by atoms with Gasteiger partial charge in [-0.3, -0.25) is 9.78 Å². The third kappa shape index (κ3) is 4.31. The third-order valence-electron chi connectivity index (χ3n) is 5.00. The molecule has 2 N–H and O–H groups in total. The number of nitrogens with one attached hydrogen (secondary N) is 1. The van der Waals surface area contributed by atoms with E-state index in [1.54, 1.807) is 36.5 Å². The van der Waals surface area contributed by atoms with Crippen molar-refractivity contribution >= 4 is 28.4 Å². The zero-order valence-corrected chi connectivity index (χ0v) is 17.0. The first-order chi connectivity index (χ1) is 14.6. The summed E-state index contributed by atoms with van der Waals surface area (Å²) in [6, 6.07) is 18.1. The Kier molecular flexibility index (Phi) is 6.00. The summed E-state index contributed by atoms with van der Waals surface area (Å²) in [6.45, 7) is 0. The van der Waals surface area contributed by atoms with Gasteiger partial charge in [0.2, 0.25) is 5.91 Å². The van der Waals surface area contributed by atoms with Crippen LogP contribution < -0.4 is 5.32 Å². The molecule has 2 aromatic heterocycles. The fourth-order valence-corrected chi connectivity index (χ4v) is 3.78. The van der Waals surface area contributed by atoms with Gasteiger partial charge in [-0.2, -0.15) is 0 Å². The van der Waals surface area contributed by atoms with E-state index in [0.717, 1.165) is 6.42 Å². The molecule has 30 heavy (non-hydrogen) atoms. The summed E-state index contributed by atoms with van der Waals surface area (Å²) in [7, 11) is 0. The number of amides is 1. The molecule has 0 aliphatic carbocycles. The first-order valence-corrected chi connectivity index (χ1v) is 10.1. The number of nitrogens with zero attached hydrogens (tertiary/aromatic N) is 1. The lowest BCUT2D eigenvalue weighted by Crippen LogP contribution is -2.29. The van der Waals surface area contributed by atoms with Crippen LogP contribution in [0.5, 0.6) is 5.75 Å². The van der Waals surface area contributed by atoms with E-state index in [-0.39, 0.29) is 11.7 Å². The number of pyridine rings is 1. The second-order valence-corrected chi connectivity index (χ2v) is 7.46. The largest absolute Gasteiger partial charge is 0.505 e. The highest BCUT2D eigenvalue weighted by molar-refractivity contribution is 6.35. The molecule has 152 valence electrons. The summed E-state index contributed by atoms with van der Waals surface area (Å²) in [5, 5.41) is 14.9. The number of aromatic nitrogens is 1. The molecule has 5 nitrogen and oxygen atoms in total. The van der Waals surface area contributed by atoms with E-state index in [2.05, 4.69) is 10.3 Å². The molecule has 6 heteroatoms. The molecular formula is C24H21ClN2O3. The Bertz CT molecular complexity index is 1140. The lowest BCUT2D eigenvalue weighted by Gasteiger charge is -2.20. The molecule has 2 heterocycles. The zero-order valence-electron chi connectivity index (χ0n) is 16.2. The normalized spacial score (nSPS) is 12.0. The van der Waals surface area contributed by atoms with Crippen LogP contribution >= 0.6 is 11.6 Å². The number of aryl methyl sites for hydroxylation is 1. The van der Waals surface area contributed by atoms with Crippen LogP contribution in [0.25, 0.3) is 10.9 Å². The zero-order chi connectivity index (χ0) is 20.9. The van der Waals surface area contributed by atoms with Crippen molar-refractivity contribution in [2.45, 2.75) is 25.3 Å². The van der Waals surface area contributed by atoms with E-state index in [1.165, 1.54) is 11.8 Å². The Morgan fingerprint density at radius 2 is 1.97 bits per heavy atom. The van der Waals surface area contributed by atoms with Crippen molar-refractivity contribution in [3.8, 4) is 5.75 Å². The van der Waals surface area contributed by atoms with E-state index in [1.807, 2.05) is 30.3 Å². The fraction of sp³-hybridized carbons (Fsp3) is 0.167. The lowest BCUT2D eigenvalue weighted by atomic mass is 10.00. The minimum Gasteiger partial charge on any atom is -0.505 e. The van der Waals surface area contributed by atoms with Gasteiger partial charge in [0.25, 0.3) is 0 Å². The summed E-state index contributed by atoms with van der Waals surface area (Å²) in [5.74, 6) is 0.345. The van der Waals surface area contributed by atoms with Gasteiger partial charge in [0.05, 0.1) is 11.3 Å². The SMILES string of the molecule is O=C(CCCc1ccccc1)NC(c1ccco1)c1cc(Cl)c2cccnc2c1O. The molecule has 0 spiro atoms. The van der Waals surface area contributed by atoms with E-state index in [4.69, 9.17) is 16.0 Å². The van der Waals surface area contributed by atoms with Gasteiger partial charge in [-0.25, -0.2) is 0 Å². The number of carbonyl (C=O) groups excluding carboxylic acids is 1. The van der Waals surface area contributed by atoms with Crippen molar-refractivity contribution in [3.05, 3.63) is 95.0 Å². The predicted octanol–water partition coefficient (Wildman–Crippen LogP) is 5.42. The summed E-state index contributed by atoms with van der Waals surface area (Å²) in [5.41, 5.74) is 2.02. The second-order valence-electron chi connectivity index (χ2n) is 7.05. The van der Waals surface area contributed by atoms with Crippen LogP contribution in [-0.2, 0) is 11.2 Å². The van der Waals surface area contributed by atoms with Crippen LogP contribution in [0, 0.1) is 0 Å². The number of fused-ring (bicyclic) bond motifs is 1. The Balaban J connectivity index is 1.57. The highest BCUT2D eigenvalue weighted by Gasteiger charge is 2.25. The smallest absolute Gasteiger partial charge is 0.220 e. The highest BCUT2D eigenvalue weighted by atomic mass is 35.5. The number of aromatic hydroxyl groups is 1. The quantitative estimate of drug-likeness (QED) is 0.419. The molecule has 1 amide bonds. The van der Waals surface area contributed by atoms with Gasteiger partial charge in [0, 0.05) is 23.6 Å². The van der Waals surface area contributed by atoms with Crippen LogP contribution in [0.4, 0.5) is 0 Å². The molecule has 0 aliphatic heterocycles. The third-order valence-corrected chi connectivity index (χ3v) is 5.31. The minimum absolute atomic E-state index is 0.0269. The Labute approximate surface area is 179 Å². The monoisotopic (exact) mass is 420 g/mol. The van der Waals surface area contributed by atoms with Crippen molar-refractivity contribution in [3.63, 3.8) is 0 Å². The van der Waals surface area contributed by atoms with Crippen molar-refractivity contribution in [2.24, 2.45) is 0 Å². The van der Waals surface area contributed by atoms with Gasteiger partial charge in [-0.1, -0.05) is 41.9 Å². The standard InChI is InChI=1S/C24H21ClN2O3/c25-19-15-18(24(29)23-17(19)10-5-13-26-23)22(20-11-6-14-30-20)27-21(28)12-4-9-16-7-2-1-3-8-16/h1-3,5-8,10-11,13-15,22,29H,4,9,12H2,(H,27,28). The van der Waals surface area contributed by atoms with E-state index in [9.17, 15) is 9.90 Å². The Morgan fingerprint density at radius 1 is 1.13 bits per heavy atom. The number of halogens is 1. The molecule has 1 unspecified atom stereocenters. The average molecular weight is 421 g/mol. The summed E-state index contributed by atoms with van der Waals surface area (Å²) in [6.07, 6.45) is 5.00. The van der Waals surface area contributed by atoms with Gasteiger partial charge in [-0.15, -0.1) is 0 Å². The van der Waals surface area contributed by atoms with E-state index < -0.39 is 6.04 Å². The maximum Gasteiger partial charge on any atom is 0.220 e. The molecular weight excluding hydrogens is 400 g/mol. The van der Waals surface area contributed by atoms with Crippen LogP contribution in [-0.4, -0.2) is 16.0 Å². The minimum atomic E-state index is -0.673. The molecule has 0 aliphatic rings. The molecule has 1 atom stereocenters. The number of hydrogen-bond acceptors (Lipinski definition) is 4. The number of rotatable bonds is 7. The topological polar surface area (TPSA) is 75.4 Å². The highest BCUT2D eigenvalue weighted by Crippen LogP contribution is 2.38. The second kappa shape index (κ2) is 9.01. The molecule has 2 aromatic carbocycles. The number of benzene rings is 2. The number of phenolic OH excluding ortho intramolecular Hbond substituents is 1. The van der Waals surface area contributed by atoms with Crippen molar-refractivity contribution in [2.75, 3.05) is 0 Å². The van der Waals surface area contributed by atoms with Crippen LogP contribution in [0.2, 0.25) is 5.02 Å². The van der Waals surface area contributed by atoms with Crippen LogP contribution in [0.15, 0.2) is 77.5 Å². The fourth-order valence-electron chi connectivity index (χ4n) is 3.51. The summed E-state index contributed by atoms with van der Waals surface area (Å²) >= 11 is 6.43. The van der Waals surface area contributed by atoms with Crippen molar-refractivity contribution in [1.82, 2.24) is 10.3 Å². The van der Waals surface area contributed by atoms with E-state index in [0.29, 0.717) is 40.1 Å². The average Bonchev–Trinajstić information content (AvgIpc) is 3.30. The van der Waals surface area contributed by atoms with Gasteiger partial charge in [0.15, 0.2) is 0 Å². The van der Waals surface area contributed by atoms with E-state index >= 15 is 0 Å². The van der Waals surface area contributed by atoms with Gasteiger partial charge in [-0.05, 0) is 48.7 Å². The molecule has 0 fully saturated rings. The van der Waals surface area contributed by atoms with Crippen LogP contribution in [0.1, 0.15) is 35.8 Å². The molecule has 4 rings (SSSR count). The van der Waals surface area contributed by atoms with Gasteiger partial charge >= 0.3 is 0 Å². The molecule has 0 saturated heterocycles. The number of phenols is 1. The molecule has 4 aromatic rings. The maximum absolute atomic E-state index is 12.7. The molecule has 0 radical (unpaired) electrons. The summed E-state index contributed by atoms with van der Waals surface area (Å²) < 4.78 is 5.54. The van der Waals surface area contributed by atoms with Gasteiger partial charge in [0.1, 0.15) is 23.1 Å². The first-order valence-electron chi connectivity index (χ1n) is 9.76. The Morgan fingerprint density at radius 3 is 2.73 bits per heavy atom. The van der Waals surface area contributed by atoms with Crippen LogP contribution in [0.3, 0.4) is 0 Å². The summed E-state index contributed by atoms with van der Waals surface area (Å²) in [4.78, 5) is 16.9. The number of furan rings is 1. The van der Waals surface area contributed by atoms with Crippen molar-refractivity contribution < 1.29 is 14.3 Å². The number of carbonyl (C=O) groups is 1. The number of hydrogen-bond donors (Lipinski definition) is 2. The lowest BCUT2D eigenvalue weighted by molar-refractivity contribution is -0.121. The predicted molar refractivity (Wildman–Crippen MR) is 116 cm³/mol. The maximum atomic E-state index is 12.7.